The van der Waals surface area contributed by atoms with Crippen LogP contribution in [0.2, 0.25) is 5.02 Å². The van der Waals surface area contributed by atoms with Crippen LogP contribution in [0.3, 0.4) is 0 Å². The first-order chi connectivity index (χ1) is 8.81. The molecular weight excluding hydrogens is 242 g/mol. The van der Waals surface area contributed by atoms with Gasteiger partial charge in [0.05, 0.1) is 12.0 Å². The second-order valence-electron chi connectivity index (χ2n) is 4.23. The van der Waals surface area contributed by atoms with Gasteiger partial charge in [-0.1, -0.05) is 60.1 Å². The van der Waals surface area contributed by atoms with Gasteiger partial charge < -0.3 is 0 Å². The van der Waals surface area contributed by atoms with E-state index in [0.29, 0.717) is 5.02 Å². The monoisotopic (exact) mass is 255 g/mol. The van der Waals surface area contributed by atoms with Crippen molar-refractivity contribution in [3.8, 4) is 6.07 Å². The first-order valence-corrected chi connectivity index (χ1v) is 6.37. The number of nitrogens with zero attached hydrogens (tertiary/aromatic N) is 1. The van der Waals surface area contributed by atoms with Crippen LogP contribution in [0.15, 0.2) is 54.6 Å². The highest BCUT2D eigenvalue weighted by molar-refractivity contribution is 6.31. The number of halogens is 1. The topological polar surface area (TPSA) is 23.8 Å². The number of benzene rings is 2. The van der Waals surface area contributed by atoms with Gasteiger partial charge in [-0.2, -0.15) is 5.26 Å². The lowest BCUT2D eigenvalue weighted by molar-refractivity contribution is 0.746. The van der Waals surface area contributed by atoms with E-state index in [1.165, 1.54) is 5.56 Å². The predicted octanol–water partition coefficient (Wildman–Crippen LogP) is 4.58. The molecule has 2 aromatic carbocycles. The highest BCUT2D eigenvalue weighted by atomic mass is 35.5. The summed E-state index contributed by atoms with van der Waals surface area (Å²) in [6, 6.07) is 20.1. The molecule has 0 aliphatic rings. The molecule has 0 spiro atoms. The van der Waals surface area contributed by atoms with Crippen molar-refractivity contribution in [2.75, 3.05) is 0 Å². The van der Waals surface area contributed by atoms with Crippen LogP contribution >= 0.6 is 11.6 Å². The molecule has 2 heteroatoms. The largest absolute Gasteiger partial charge is 0.198 e. The van der Waals surface area contributed by atoms with Gasteiger partial charge in [-0.3, -0.25) is 0 Å². The summed E-state index contributed by atoms with van der Waals surface area (Å²) in [4.78, 5) is 0. The van der Waals surface area contributed by atoms with E-state index in [1.807, 2.05) is 42.5 Å². The molecule has 1 atom stereocenters. The molecule has 0 saturated heterocycles. The van der Waals surface area contributed by atoms with E-state index in [1.54, 1.807) is 0 Å². The van der Waals surface area contributed by atoms with Crippen molar-refractivity contribution in [1.82, 2.24) is 0 Å². The summed E-state index contributed by atoms with van der Waals surface area (Å²) in [5.41, 5.74) is 2.18. The normalized spacial score (nSPS) is 11.8. The fraction of sp³-hybridized carbons (Fsp3) is 0.188. The molecule has 0 saturated carbocycles. The molecular formula is C16H14ClN. The molecule has 90 valence electrons. The molecule has 2 rings (SSSR count). The average molecular weight is 256 g/mol. The van der Waals surface area contributed by atoms with Gasteiger partial charge >= 0.3 is 0 Å². The first-order valence-electron chi connectivity index (χ1n) is 5.99. The van der Waals surface area contributed by atoms with Crippen LogP contribution in [0.1, 0.15) is 23.5 Å². The molecule has 0 unspecified atom stereocenters. The number of hydrogen-bond acceptors (Lipinski definition) is 1. The van der Waals surface area contributed by atoms with Gasteiger partial charge in [0.1, 0.15) is 0 Å². The first kappa shape index (κ1) is 12.7. The van der Waals surface area contributed by atoms with Crippen molar-refractivity contribution in [3.05, 3.63) is 70.7 Å². The highest BCUT2D eigenvalue weighted by Crippen LogP contribution is 2.27. The van der Waals surface area contributed by atoms with Gasteiger partial charge in [0.15, 0.2) is 0 Å². The zero-order valence-electron chi connectivity index (χ0n) is 10.0. The number of rotatable bonds is 4. The smallest absolute Gasteiger partial charge is 0.0730 e. The third kappa shape index (κ3) is 3.12. The SMILES string of the molecule is N#C[C@H](CCc1ccccc1)c1ccccc1Cl. The van der Waals surface area contributed by atoms with Crippen molar-refractivity contribution in [2.45, 2.75) is 18.8 Å². The van der Waals surface area contributed by atoms with Gasteiger partial charge in [0.25, 0.3) is 0 Å². The van der Waals surface area contributed by atoms with Crippen molar-refractivity contribution in [3.63, 3.8) is 0 Å². The summed E-state index contributed by atoms with van der Waals surface area (Å²) in [6.45, 7) is 0. The Morgan fingerprint density at radius 1 is 1.00 bits per heavy atom. The third-order valence-corrected chi connectivity index (χ3v) is 3.35. The molecule has 18 heavy (non-hydrogen) atoms. The summed E-state index contributed by atoms with van der Waals surface area (Å²) < 4.78 is 0. The van der Waals surface area contributed by atoms with E-state index in [2.05, 4.69) is 18.2 Å². The summed E-state index contributed by atoms with van der Waals surface area (Å²) in [5, 5.41) is 9.95. The van der Waals surface area contributed by atoms with Crippen LogP contribution in [0, 0.1) is 11.3 Å². The average Bonchev–Trinajstić information content (AvgIpc) is 2.42. The highest BCUT2D eigenvalue weighted by Gasteiger charge is 2.13. The molecule has 0 aromatic heterocycles. The molecule has 0 radical (unpaired) electrons. The number of aryl methyl sites for hydroxylation is 1. The van der Waals surface area contributed by atoms with E-state index in [-0.39, 0.29) is 5.92 Å². The molecule has 0 amide bonds. The quantitative estimate of drug-likeness (QED) is 0.785. The Labute approximate surface area is 113 Å². The maximum atomic E-state index is 9.27. The van der Waals surface area contributed by atoms with E-state index < -0.39 is 0 Å². The van der Waals surface area contributed by atoms with E-state index in [4.69, 9.17) is 11.6 Å². The van der Waals surface area contributed by atoms with Crippen molar-refractivity contribution in [1.29, 1.82) is 5.26 Å². The van der Waals surface area contributed by atoms with Crippen LogP contribution < -0.4 is 0 Å². The number of hydrogen-bond donors (Lipinski definition) is 0. The Hall–Kier alpha value is -1.78. The molecule has 0 aliphatic carbocycles. The summed E-state index contributed by atoms with van der Waals surface area (Å²) in [6.07, 6.45) is 1.69. The lowest BCUT2D eigenvalue weighted by Gasteiger charge is -2.11. The Morgan fingerprint density at radius 3 is 2.33 bits per heavy atom. The molecule has 0 N–H and O–H groups in total. The minimum atomic E-state index is -0.140. The van der Waals surface area contributed by atoms with E-state index in [9.17, 15) is 5.26 Å². The van der Waals surface area contributed by atoms with Crippen molar-refractivity contribution in [2.24, 2.45) is 0 Å². The maximum Gasteiger partial charge on any atom is 0.0730 e. The van der Waals surface area contributed by atoms with E-state index >= 15 is 0 Å². The predicted molar refractivity (Wildman–Crippen MR) is 74.6 cm³/mol. The molecule has 1 nitrogen and oxygen atoms in total. The summed E-state index contributed by atoms with van der Waals surface area (Å²) >= 11 is 6.13. The third-order valence-electron chi connectivity index (χ3n) is 3.00. The van der Waals surface area contributed by atoms with Crippen molar-refractivity contribution >= 4 is 11.6 Å². The Morgan fingerprint density at radius 2 is 1.67 bits per heavy atom. The Bertz CT molecular complexity index is 543. The summed E-state index contributed by atoms with van der Waals surface area (Å²) in [7, 11) is 0. The zero-order valence-corrected chi connectivity index (χ0v) is 10.8. The standard InChI is InChI=1S/C16H14ClN/c17-16-9-5-4-8-15(16)14(12-18)11-10-13-6-2-1-3-7-13/h1-9,14H,10-11H2/t14-/m0/s1. The second-order valence-corrected chi connectivity index (χ2v) is 4.63. The Kier molecular flexibility index (Phi) is 4.39. The molecule has 0 fully saturated rings. The fourth-order valence-electron chi connectivity index (χ4n) is 2.00. The molecule has 2 aromatic rings. The van der Waals surface area contributed by atoms with Crippen LogP contribution in [-0.2, 0) is 6.42 Å². The van der Waals surface area contributed by atoms with Gasteiger partial charge in [-0.25, -0.2) is 0 Å². The lowest BCUT2D eigenvalue weighted by Crippen LogP contribution is -1.99. The number of nitriles is 1. The second kappa shape index (κ2) is 6.23. The van der Waals surface area contributed by atoms with Crippen LogP contribution in [0.25, 0.3) is 0 Å². The zero-order chi connectivity index (χ0) is 12.8. The van der Waals surface area contributed by atoms with Crippen LogP contribution in [0.4, 0.5) is 0 Å². The molecule has 0 bridgehead atoms. The van der Waals surface area contributed by atoms with Gasteiger partial charge in [-0.15, -0.1) is 0 Å². The van der Waals surface area contributed by atoms with Crippen LogP contribution in [-0.4, -0.2) is 0 Å². The lowest BCUT2D eigenvalue weighted by atomic mass is 9.93. The Balaban J connectivity index is 2.08. The molecule has 0 aliphatic heterocycles. The van der Waals surface area contributed by atoms with Gasteiger partial charge in [-0.05, 0) is 30.0 Å². The maximum absolute atomic E-state index is 9.27. The summed E-state index contributed by atoms with van der Waals surface area (Å²) in [5.74, 6) is -0.140. The van der Waals surface area contributed by atoms with Gasteiger partial charge in [0, 0.05) is 5.02 Å². The van der Waals surface area contributed by atoms with Gasteiger partial charge in [0.2, 0.25) is 0 Å². The fourth-order valence-corrected chi connectivity index (χ4v) is 2.27. The minimum Gasteiger partial charge on any atom is -0.198 e. The van der Waals surface area contributed by atoms with E-state index in [0.717, 1.165) is 18.4 Å². The van der Waals surface area contributed by atoms with Crippen molar-refractivity contribution < 1.29 is 0 Å². The molecule has 0 heterocycles. The minimum absolute atomic E-state index is 0.140. The van der Waals surface area contributed by atoms with Crippen LogP contribution in [0.5, 0.6) is 0 Å².